The summed E-state index contributed by atoms with van der Waals surface area (Å²) in [6.45, 7) is 0.802. The van der Waals surface area contributed by atoms with Gasteiger partial charge in [-0.05, 0) is 49.4 Å². The Hall–Kier alpha value is -0.660. The summed E-state index contributed by atoms with van der Waals surface area (Å²) in [5, 5.41) is 9.49. The molecule has 0 aromatic heterocycles. The maximum absolute atomic E-state index is 12.2. The van der Waals surface area contributed by atoms with E-state index in [1.807, 2.05) is 0 Å². The highest BCUT2D eigenvalue weighted by Gasteiger charge is 2.18. The SMILES string of the molecule is O=S(=O)(NCCC1CCCCO1)c1ccc(Cl)c(CO)c1. The number of aliphatic hydroxyl groups excluding tert-OH is 1. The first-order chi connectivity index (χ1) is 10.0. The van der Waals surface area contributed by atoms with E-state index < -0.39 is 10.0 Å². The lowest BCUT2D eigenvalue weighted by Crippen LogP contribution is -2.29. The van der Waals surface area contributed by atoms with Crippen molar-refractivity contribution in [3.05, 3.63) is 28.8 Å². The van der Waals surface area contributed by atoms with Gasteiger partial charge >= 0.3 is 0 Å². The van der Waals surface area contributed by atoms with E-state index in [4.69, 9.17) is 21.4 Å². The number of sulfonamides is 1. The summed E-state index contributed by atoms with van der Waals surface area (Å²) < 4.78 is 32.5. The molecule has 21 heavy (non-hydrogen) atoms. The summed E-state index contributed by atoms with van der Waals surface area (Å²) in [5.41, 5.74) is 0.398. The molecule has 118 valence electrons. The number of benzene rings is 1. The van der Waals surface area contributed by atoms with Gasteiger partial charge in [-0.1, -0.05) is 11.6 Å². The van der Waals surface area contributed by atoms with E-state index in [1.54, 1.807) is 0 Å². The Balaban J connectivity index is 1.94. The van der Waals surface area contributed by atoms with E-state index in [2.05, 4.69) is 4.72 Å². The van der Waals surface area contributed by atoms with E-state index in [-0.39, 0.29) is 17.6 Å². The zero-order valence-electron chi connectivity index (χ0n) is 11.7. The lowest BCUT2D eigenvalue weighted by molar-refractivity contribution is 0.0123. The Morgan fingerprint density at radius 2 is 2.19 bits per heavy atom. The fourth-order valence-electron chi connectivity index (χ4n) is 2.31. The van der Waals surface area contributed by atoms with E-state index in [0.29, 0.717) is 23.6 Å². The third kappa shape index (κ3) is 4.66. The smallest absolute Gasteiger partial charge is 0.240 e. The molecule has 1 aromatic carbocycles. The number of rotatable bonds is 6. The second-order valence-electron chi connectivity index (χ2n) is 5.09. The van der Waals surface area contributed by atoms with E-state index >= 15 is 0 Å². The average molecular weight is 334 g/mol. The summed E-state index contributed by atoms with van der Waals surface area (Å²) in [4.78, 5) is 0.112. The third-order valence-corrected chi connectivity index (χ3v) is 5.36. The van der Waals surface area contributed by atoms with Gasteiger partial charge in [-0.15, -0.1) is 0 Å². The van der Waals surface area contributed by atoms with Crippen LogP contribution >= 0.6 is 11.6 Å². The summed E-state index contributed by atoms with van der Waals surface area (Å²) >= 11 is 5.86. The number of halogens is 1. The highest BCUT2D eigenvalue weighted by Crippen LogP contribution is 2.20. The number of nitrogens with one attached hydrogen (secondary N) is 1. The van der Waals surface area contributed by atoms with Gasteiger partial charge in [0, 0.05) is 18.2 Å². The zero-order chi connectivity index (χ0) is 15.3. The fraction of sp³-hybridized carbons (Fsp3) is 0.571. The van der Waals surface area contributed by atoms with Gasteiger partial charge in [-0.2, -0.15) is 0 Å². The van der Waals surface area contributed by atoms with E-state index in [1.165, 1.54) is 18.2 Å². The molecule has 1 unspecified atom stereocenters. The third-order valence-electron chi connectivity index (χ3n) is 3.53. The summed E-state index contributed by atoms with van der Waals surface area (Å²) in [6.07, 6.45) is 4.00. The van der Waals surface area contributed by atoms with Crippen LogP contribution in [0.2, 0.25) is 5.02 Å². The largest absolute Gasteiger partial charge is 0.392 e. The number of aliphatic hydroxyl groups is 1. The van der Waals surface area contributed by atoms with E-state index in [0.717, 1.165) is 25.9 Å². The van der Waals surface area contributed by atoms with Crippen molar-refractivity contribution < 1.29 is 18.3 Å². The second kappa shape index (κ2) is 7.56. The van der Waals surface area contributed by atoms with Gasteiger partial charge in [0.25, 0.3) is 0 Å². The predicted molar refractivity (Wildman–Crippen MR) is 80.8 cm³/mol. The molecule has 1 atom stereocenters. The van der Waals surface area contributed by atoms with Crippen LogP contribution in [0.1, 0.15) is 31.2 Å². The van der Waals surface area contributed by atoms with Crippen molar-refractivity contribution >= 4 is 21.6 Å². The van der Waals surface area contributed by atoms with Gasteiger partial charge in [-0.25, -0.2) is 13.1 Å². The average Bonchev–Trinajstić information content (AvgIpc) is 2.48. The highest BCUT2D eigenvalue weighted by molar-refractivity contribution is 7.89. The molecule has 1 fully saturated rings. The van der Waals surface area contributed by atoms with Crippen LogP contribution in [0.4, 0.5) is 0 Å². The Bertz CT molecular complexity index is 570. The molecule has 0 spiro atoms. The molecule has 2 rings (SSSR count). The monoisotopic (exact) mass is 333 g/mol. The Labute approximate surface area is 130 Å². The quantitative estimate of drug-likeness (QED) is 0.835. The molecule has 0 radical (unpaired) electrons. The Morgan fingerprint density at radius 3 is 2.86 bits per heavy atom. The maximum Gasteiger partial charge on any atom is 0.240 e. The molecular formula is C14H20ClNO4S. The molecule has 0 bridgehead atoms. The molecular weight excluding hydrogens is 314 g/mol. The minimum atomic E-state index is -3.59. The van der Waals surface area contributed by atoms with Gasteiger partial charge in [0.15, 0.2) is 0 Å². The summed E-state index contributed by atoms with van der Waals surface area (Å²) in [7, 11) is -3.59. The van der Waals surface area contributed by atoms with Crippen LogP contribution < -0.4 is 4.72 Å². The normalized spacial score (nSPS) is 19.6. The van der Waals surface area contributed by atoms with Crippen molar-refractivity contribution in [1.82, 2.24) is 4.72 Å². The van der Waals surface area contributed by atoms with Gasteiger partial charge in [0.1, 0.15) is 0 Å². The molecule has 1 aromatic rings. The van der Waals surface area contributed by atoms with Crippen molar-refractivity contribution in [1.29, 1.82) is 0 Å². The van der Waals surface area contributed by atoms with Gasteiger partial charge < -0.3 is 9.84 Å². The minimum absolute atomic E-state index is 0.112. The van der Waals surface area contributed by atoms with Crippen LogP contribution in [-0.4, -0.2) is 32.8 Å². The molecule has 1 aliphatic rings. The number of ether oxygens (including phenoxy) is 1. The van der Waals surface area contributed by atoms with Crippen molar-refractivity contribution in [3.63, 3.8) is 0 Å². The molecule has 1 heterocycles. The van der Waals surface area contributed by atoms with Crippen LogP contribution in [-0.2, 0) is 21.4 Å². The number of hydrogen-bond acceptors (Lipinski definition) is 4. The lowest BCUT2D eigenvalue weighted by Gasteiger charge is -2.22. The molecule has 5 nitrogen and oxygen atoms in total. The van der Waals surface area contributed by atoms with Crippen LogP contribution in [0.25, 0.3) is 0 Å². The Kier molecular flexibility index (Phi) is 6.01. The van der Waals surface area contributed by atoms with Crippen LogP contribution in [0.3, 0.4) is 0 Å². The van der Waals surface area contributed by atoms with Crippen molar-refractivity contribution in [2.24, 2.45) is 0 Å². The van der Waals surface area contributed by atoms with Crippen molar-refractivity contribution in [2.75, 3.05) is 13.2 Å². The summed E-state index contributed by atoms with van der Waals surface area (Å²) in [6, 6.07) is 4.30. The second-order valence-corrected chi connectivity index (χ2v) is 7.26. The molecule has 7 heteroatoms. The van der Waals surface area contributed by atoms with Crippen molar-refractivity contribution in [2.45, 2.75) is 43.3 Å². The molecule has 0 saturated carbocycles. The van der Waals surface area contributed by atoms with Crippen molar-refractivity contribution in [3.8, 4) is 0 Å². The first-order valence-electron chi connectivity index (χ1n) is 7.03. The highest BCUT2D eigenvalue weighted by atomic mass is 35.5. The molecule has 1 saturated heterocycles. The summed E-state index contributed by atoms with van der Waals surface area (Å²) in [5.74, 6) is 0. The molecule has 1 aliphatic heterocycles. The lowest BCUT2D eigenvalue weighted by atomic mass is 10.1. The number of hydrogen-bond donors (Lipinski definition) is 2. The van der Waals surface area contributed by atoms with Crippen LogP contribution in [0.5, 0.6) is 0 Å². The fourth-order valence-corrected chi connectivity index (χ4v) is 3.59. The van der Waals surface area contributed by atoms with Gasteiger partial charge in [0.05, 0.1) is 17.6 Å². The first kappa shape index (κ1) is 16.7. The topological polar surface area (TPSA) is 75.6 Å². The molecule has 2 N–H and O–H groups in total. The maximum atomic E-state index is 12.2. The predicted octanol–water partition coefficient (Wildman–Crippen LogP) is 2.07. The van der Waals surface area contributed by atoms with Gasteiger partial charge in [0.2, 0.25) is 10.0 Å². The first-order valence-corrected chi connectivity index (χ1v) is 8.89. The van der Waals surface area contributed by atoms with Crippen LogP contribution in [0, 0.1) is 0 Å². The Morgan fingerprint density at radius 1 is 1.38 bits per heavy atom. The van der Waals surface area contributed by atoms with Gasteiger partial charge in [-0.3, -0.25) is 0 Å². The standard InChI is InChI=1S/C14H20ClNO4S/c15-14-5-4-13(9-11(14)10-17)21(18,19)16-7-6-12-3-1-2-8-20-12/h4-5,9,12,16-17H,1-3,6-8,10H2. The van der Waals surface area contributed by atoms with E-state index in [9.17, 15) is 8.42 Å². The zero-order valence-corrected chi connectivity index (χ0v) is 13.3. The van der Waals surface area contributed by atoms with Crippen LogP contribution in [0.15, 0.2) is 23.1 Å². The molecule has 0 aliphatic carbocycles. The minimum Gasteiger partial charge on any atom is -0.392 e. The molecule has 0 amide bonds.